The van der Waals surface area contributed by atoms with Gasteiger partial charge in [0.05, 0.1) is 0 Å². The molecule has 7 heavy (non-hydrogen) atoms. The number of aldehydes is 1. The molecule has 0 aromatic rings. The van der Waals surface area contributed by atoms with Crippen LogP contribution in [0.3, 0.4) is 0 Å². The molecular weight excluding hydrogens is 129 g/mol. The number of rotatable bonds is 2. The molecule has 0 saturated carbocycles. The summed E-state index contributed by atoms with van der Waals surface area (Å²) in [6.45, 7) is 0. The van der Waals surface area contributed by atoms with Crippen molar-refractivity contribution in [3.8, 4) is 0 Å². The first kappa shape index (κ1) is 6.81. The van der Waals surface area contributed by atoms with Crippen LogP contribution in [-0.4, -0.2) is 12.0 Å². The van der Waals surface area contributed by atoms with E-state index in [-0.39, 0.29) is 6.29 Å². The minimum absolute atomic E-state index is 0.130. The van der Waals surface area contributed by atoms with Crippen molar-refractivity contribution in [2.45, 2.75) is 0 Å². The van der Waals surface area contributed by atoms with Gasteiger partial charge in [-0.3, -0.25) is 0 Å². The van der Waals surface area contributed by atoms with Crippen LogP contribution in [0.2, 0.25) is 0 Å². The SMILES string of the molecule is O=CCS(F)(F)F. The largest absolute Gasteiger partial charge is 0.302 e. The van der Waals surface area contributed by atoms with Crippen LogP contribution >= 0.6 is 11.2 Å². The maximum absolute atomic E-state index is 10.9. The molecule has 0 aromatic carbocycles. The minimum Gasteiger partial charge on any atom is -0.302 e. The van der Waals surface area contributed by atoms with Crippen LogP contribution in [0.4, 0.5) is 11.7 Å². The molecule has 1 nitrogen and oxygen atoms in total. The summed E-state index contributed by atoms with van der Waals surface area (Å²) in [5.41, 5.74) is 0. The molecule has 0 aliphatic carbocycles. The molecule has 0 spiro atoms. The van der Waals surface area contributed by atoms with E-state index in [1.165, 1.54) is 0 Å². The van der Waals surface area contributed by atoms with Crippen molar-refractivity contribution in [1.82, 2.24) is 0 Å². The third kappa shape index (κ3) is 5.81. The Labute approximate surface area is 40.7 Å². The maximum atomic E-state index is 10.9. The zero-order valence-electron chi connectivity index (χ0n) is 3.23. The second-order valence-electron chi connectivity index (χ2n) is 0.836. The van der Waals surface area contributed by atoms with Gasteiger partial charge in [0.25, 0.3) is 0 Å². The van der Waals surface area contributed by atoms with Gasteiger partial charge in [-0.2, -0.15) is 0 Å². The van der Waals surface area contributed by atoms with Crippen LogP contribution in [-0.2, 0) is 4.79 Å². The lowest BCUT2D eigenvalue weighted by Gasteiger charge is -2.01. The molecule has 0 radical (unpaired) electrons. The lowest BCUT2D eigenvalue weighted by molar-refractivity contribution is -0.105. The number of hydrogen-bond acceptors (Lipinski definition) is 1. The molecule has 0 heterocycles. The van der Waals surface area contributed by atoms with Crippen molar-refractivity contribution in [2.75, 3.05) is 5.75 Å². The monoisotopic (exact) mass is 132 g/mol. The van der Waals surface area contributed by atoms with Gasteiger partial charge in [-0.05, 0) is 0 Å². The Morgan fingerprint density at radius 2 is 1.86 bits per heavy atom. The quantitative estimate of drug-likeness (QED) is 0.522. The Morgan fingerprint density at radius 1 is 1.43 bits per heavy atom. The van der Waals surface area contributed by atoms with Crippen molar-refractivity contribution in [2.24, 2.45) is 0 Å². The Bertz CT molecular complexity index is 67.8. The van der Waals surface area contributed by atoms with Crippen LogP contribution < -0.4 is 0 Å². The van der Waals surface area contributed by atoms with E-state index >= 15 is 0 Å². The van der Waals surface area contributed by atoms with Crippen molar-refractivity contribution in [3.05, 3.63) is 0 Å². The molecule has 0 saturated heterocycles. The molecule has 0 atom stereocenters. The third-order valence-electron chi connectivity index (χ3n) is 0.257. The predicted octanol–water partition coefficient (Wildman–Crippen LogP) is 1.64. The lowest BCUT2D eigenvalue weighted by atomic mass is 10.9. The van der Waals surface area contributed by atoms with E-state index in [0.29, 0.717) is 0 Å². The molecule has 5 heteroatoms. The summed E-state index contributed by atoms with van der Waals surface area (Å²) < 4.78 is 32.7. The summed E-state index contributed by atoms with van der Waals surface area (Å²) in [6.07, 6.45) is -0.130. The van der Waals surface area contributed by atoms with Gasteiger partial charge in [0.15, 0.2) is 0 Å². The van der Waals surface area contributed by atoms with Gasteiger partial charge in [-0.15, -0.1) is 11.7 Å². The summed E-state index contributed by atoms with van der Waals surface area (Å²) >= 11 is -5.04. The Balaban J connectivity index is 3.34. The van der Waals surface area contributed by atoms with Gasteiger partial charge in [0.1, 0.15) is 12.0 Å². The first-order valence-corrected chi connectivity index (χ1v) is 2.90. The first-order valence-electron chi connectivity index (χ1n) is 1.40. The molecule has 0 amide bonds. The zero-order valence-corrected chi connectivity index (χ0v) is 4.05. The average Bonchev–Trinajstić information content (AvgIpc) is 1.30. The lowest BCUT2D eigenvalue weighted by Crippen LogP contribution is -1.84. The van der Waals surface area contributed by atoms with Gasteiger partial charge in [-0.25, -0.2) is 0 Å². The number of carbonyl (C=O) groups excluding carboxylic acids is 1. The van der Waals surface area contributed by atoms with Gasteiger partial charge in [-0.1, -0.05) is 0 Å². The second-order valence-corrected chi connectivity index (χ2v) is 2.17. The fraction of sp³-hybridized carbons (Fsp3) is 0.500. The summed E-state index contributed by atoms with van der Waals surface area (Å²) in [6, 6.07) is 0. The fourth-order valence-electron chi connectivity index (χ4n) is 0.0772. The Morgan fingerprint density at radius 3 is 1.86 bits per heavy atom. The van der Waals surface area contributed by atoms with Gasteiger partial charge >= 0.3 is 0 Å². The molecule has 0 fully saturated rings. The standard InChI is InChI=1S/C2H3F3OS/c3-7(4,5)2-1-6/h1H,2H2. The molecule has 0 N–H and O–H groups in total. The van der Waals surface area contributed by atoms with E-state index in [1.807, 2.05) is 0 Å². The van der Waals surface area contributed by atoms with Crippen LogP contribution in [0.1, 0.15) is 0 Å². The molecule has 0 aromatic heterocycles. The van der Waals surface area contributed by atoms with E-state index in [1.54, 1.807) is 0 Å². The van der Waals surface area contributed by atoms with E-state index in [2.05, 4.69) is 0 Å². The highest BCUT2D eigenvalue weighted by Crippen LogP contribution is 2.51. The molecule has 0 bridgehead atoms. The average molecular weight is 132 g/mol. The smallest absolute Gasteiger partial charge is 0.215 e. The fourth-order valence-corrected chi connectivity index (χ4v) is 0.231. The van der Waals surface area contributed by atoms with Crippen LogP contribution in [0.25, 0.3) is 0 Å². The highest BCUT2D eigenvalue weighted by molar-refractivity contribution is 8.21. The zero-order chi connectivity index (χ0) is 5.91. The van der Waals surface area contributed by atoms with Crippen molar-refractivity contribution in [3.63, 3.8) is 0 Å². The van der Waals surface area contributed by atoms with E-state index in [0.717, 1.165) is 0 Å². The molecular formula is C2H3F3OS. The topological polar surface area (TPSA) is 17.1 Å². The van der Waals surface area contributed by atoms with E-state index in [9.17, 15) is 11.7 Å². The highest BCUT2D eigenvalue weighted by Gasteiger charge is 2.18. The van der Waals surface area contributed by atoms with Crippen LogP contribution in [0.5, 0.6) is 0 Å². The molecule has 0 aliphatic heterocycles. The van der Waals surface area contributed by atoms with Gasteiger partial charge < -0.3 is 4.79 Å². The van der Waals surface area contributed by atoms with Crippen molar-refractivity contribution >= 4 is 17.5 Å². The number of halogens is 3. The summed E-state index contributed by atoms with van der Waals surface area (Å²) in [4.78, 5) is 9.12. The van der Waals surface area contributed by atoms with Crippen LogP contribution in [0.15, 0.2) is 0 Å². The number of carbonyl (C=O) groups is 1. The Kier molecular flexibility index (Phi) is 2.14. The number of hydrogen-bond donors (Lipinski definition) is 0. The predicted molar refractivity (Wildman–Crippen MR) is 21.8 cm³/mol. The summed E-state index contributed by atoms with van der Waals surface area (Å²) in [5, 5.41) is 0. The minimum atomic E-state index is -5.04. The first-order chi connectivity index (χ1) is 3.06. The third-order valence-corrected chi connectivity index (χ3v) is 0.771. The van der Waals surface area contributed by atoms with Gasteiger partial charge in [0.2, 0.25) is 11.2 Å². The van der Waals surface area contributed by atoms with E-state index < -0.39 is 16.9 Å². The molecule has 44 valence electrons. The van der Waals surface area contributed by atoms with E-state index in [4.69, 9.17) is 4.79 Å². The van der Waals surface area contributed by atoms with Crippen molar-refractivity contribution in [1.29, 1.82) is 0 Å². The Hall–Kier alpha value is -0.190. The normalized spacial score (nSPS) is 13.6. The van der Waals surface area contributed by atoms with Crippen molar-refractivity contribution < 1.29 is 16.5 Å². The molecule has 0 aliphatic rings. The molecule has 0 unspecified atom stereocenters. The van der Waals surface area contributed by atoms with Crippen LogP contribution in [0, 0.1) is 0 Å². The summed E-state index contributed by atoms with van der Waals surface area (Å²) in [5.74, 6) is -1.26. The molecule has 0 rings (SSSR count). The second kappa shape index (κ2) is 2.20. The van der Waals surface area contributed by atoms with Gasteiger partial charge in [0, 0.05) is 0 Å². The maximum Gasteiger partial charge on any atom is 0.215 e. The summed E-state index contributed by atoms with van der Waals surface area (Å²) in [7, 11) is 0. The highest BCUT2D eigenvalue weighted by atomic mass is 32.3.